The van der Waals surface area contributed by atoms with Crippen molar-refractivity contribution in [3.63, 3.8) is 0 Å². The van der Waals surface area contributed by atoms with Crippen LogP contribution in [0, 0.1) is 0 Å². The van der Waals surface area contributed by atoms with Crippen LogP contribution in [0.3, 0.4) is 0 Å². The number of nitrogens with one attached hydrogen (secondary N) is 1. The fourth-order valence-electron chi connectivity index (χ4n) is 2.53. The first-order valence-corrected chi connectivity index (χ1v) is 9.18. The smallest absolute Gasteiger partial charge is 0.328 e. The van der Waals surface area contributed by atoms with Gasteiger partial charge in [0.2, 0.25) is 5.91 Å². The second-order valence-corrected chi connectivity index (χ2v) is 6.51. The summed E-state index contributed by atoms with van der Waals surface area (Å²) in [4.78, 5) is 36.3. The Morgan fingerprint density at radius 2 is 2.00 bits per heavy atom. The van der Waals surface area contributed by atoms with E-state index in [0.29, 0.717) is 22.9 Å². The van der Waals surface area contributed by atoms with Crippen molar-refractivity contribution in [2.45, 2.75) is 18.9 Å². The van der Waals surface area contributed by atoms with E-state index in [0.717, 1.165) is 5.75 Å². The lowest BCUT2D eigenvalue weighted by molar-refractivity contribution is -0.145. The molecule has 1 amide bonds. The summed E-state index contributed by atoms with van der Waals surface area (Å²) in [5.41, 5.74) is 0.274. The standard InChI is InChI=1S/C17H21N3O4S/c1-20-16(22)12-7-5-4-6-11(12)14(19-20)10-15(21)18-13(8-9-25-3)17(23)24-2/h4-7,13H,8-10H2,1-3H3,(H,18,21)/t13-/m0/s1. The minimum atomic E-state index is -0.691. The van der Waals surface area contributed by atoms with Gasteiger partial charge in [-0.2, -0.15) is 16.9 Å². The summed E-state index contributed by atoms with van der Waals surface area (Å²) in [7, 11) is 2.84. The van der Waals surface area contributed by atoms with Gasteiger partial charge in [-0.3, -0.25) is 9.59 Å². The third-order valence-electron chi connectivity index (χ3n) is 3.79. The number of nitrogens with zero attached hydrogens (tertiary/aromatic N) is 2. The molecule has 7 nitrogen and oxygen atoms in total. The number of carbonyl (C=O) groups excluding carboxylic acids is 2. The highest BCUT2D eigenvalue weighted by Gasteiger charge is 2.22. The van der Waals surface area contributed by atoms with Crippen LogP contribution in [0.15, 0.2) is 29.1 Å². The lowest BCUT2D eigenvalue weighted by atomic mass is 10.1. The van der Waals surface area contributed by atoms with Gasteiger partial charge in [0.15, 0.2) is 0 Å². The molecule has 0 aliphatic carbocycles. The first kappa shape index (κ1) is 19.0. The van der Waals surface area contributed by atoms with Crippen LogP contribution in [-0.4, -0.2) is 46.8 Å². The summed E-state index contributed by atoms with van der Waals surface area (Å²) in [5, 5.41) is 8.04. The first-order valence-electron chi connectivity index (χ1n) is 7.79. The Kier molecular flexibility index (Phi) is 6.58. The van der Waals surface area contributed by atoms with Crippen LogP contribution in [0.25, 0.3) is 10.8 Å². The number of ether oxygens (including phenoxy) is 1. The zero-order valence-corrected chi connectivity index (χ0v) is 15.3. The maximum Gasteiger partial charge on any atom is 0.328 e. The molecule has 0 fully saturated rings. The van der Waals surface area contributed by atoms with E-state index in [2.05, 4.69) is 10.4 Å². The topological polar surface area (TPSA) is 90.3 Å². The fraction of sp³-hybridized carbons (Fsp3) is 0.412. The molecular formula is C17H21N3O4S. The molecule has 25 heavy (non-hydrogen) atoms. The normalized spacial score (nSPS) is 12.0. The number of hydrogen-bond acceptors (Lipinski definition) is 6. The Morgan fingerprint density at radius 1 is 1.32 bits per heavy atom. The Hall–Kier alpha value is -2.35. The molecule has 0 aliphatic heterocycles. The second kappa shape index (κ2) is 8.66. The Balaban J connectivity index is 2.22. The largest absolute Gasteiger partial charge is 0.467 e. The van der Waals surface area contributed by atoms with Crippen LogP contribution in [-0.2, 0) is 27.8 Å². The Labute approximate surface area is 149 Å². The molecule has 2 rings (SSSR count). The van der Waals surface area contributed by atoms with Gasteiger partial charge in [0.05, 0.1) is 24.6 Å². The molecule has 1 heterocycles. The van der Waals surface area contributed by atoms with E-state index in [-0.39, 0.29) is 17.9 Å². The zero-order chi connectivity index (χ0) is 18.4. The van der Waals surface area contributed by atoms with Crippen molar-refractivity contribution in [2.75, 3.05) is 19.1 Å². The average Bonchev–Trinajstić information content (AvgIpc) is 2.62. The van der Waals surface area contributed by atoms with Gasteiger partial charge in [0.1, 0.15) is 6.04 Å². The van der Waals surface area contributed by atoms with Crippen molar-refractivity contribution in [1.29, 1.82) is 0 Å². The average molecular weight is 363 g/mol. The summed E-state index contributed by atoms with van der Waals surface area (Å²) in [6.07, 6.45) is 2.39. The molecule has 0 spiro atoms. The number of aryl methyl sites for hydroxylation is 1. The van der Waals surface area contributed by atoms with E-state index >= 15 is 0 Å². The number of amides is 1. The van der Waals surface area contributed by atoms with Gasteiger partial charge >= 0.3 is 5.97 Å². The third kappa shape index (κ3) is 4.60. The number of benzene rings is 1. The molecule has 1 aromatic heterocycles. The van der Waals surface area contributed by atoms with Gasteiger partial charge in [-0.25, -0.2) is 9.48 Å². The van der Waals surface area contributed by atoms with Crippen LogP contribution in [0.1, 0.15) is 12.1 Å². The highest BCUT2D eigenvalue weighted by molar-refractivity contribution is 7.98. The molecule has 2 aromatic rings. The molecule has 1 N–H and O–H groups in total. The molecule has 1 atom stereocenters. The maximum absolute atomic E-state index is 12.4. The van der Waals surface area contributed by atoms with Crippen molar-refractivity contribution in [1.82, 2.24) is 15.1 Å². The summed E-state index contributed by atoms with van der Waals surface area (Å²) in [5.74, 6) is -0.0883. The molecule has 0 saturated heterocycles. The highest BCUT2D eigenvalue weighted by Crippen LogP contribution is 2.13. The summed E-state index contributed by atoms with van der Waals surface area (Å²) < 4.78 is 5.96. The minimum Gasteiger partial charge on any atom is -0.467 e. The van der Waals surface area contributed by atoms with Gasteiger partial charge in [0, 0.05) is 12.4 Å². The van der Waals surface area contributed by atoms with Crippen molar-refractivity contribution in [3.8, 4) is 0 Å². The Bertz CT molecular complexity index is 834. The quantitative estimate of drug-likeness (QED) is 0.735. The number of thioether (sulfide) groups is 1. The van der Waals surface area contributed by atoms with E-state index in [1.54, 1.807) is 43.1 Å². The van der Waals surface area contributed by atoms with Gasteiger partial charge in [-0.15, -0.1) is 0 Å². The number of hydrogen-bond donors (Lipinski definition) is 1. The maximum atomic E-state index is 12.4. The van der Waals surface area contributed by atoms with Crippen molar-refractivity contribution in [3.05, 3.63) is 40.3 Å². The van der Waals surface area contributed by atoms with Gasteiger partial charge in [0.25, 0.3) is 5.56 Å². The molecular weight excluding hydrogens is 342 g/mol. The molecule has 0 saturated carbocycles. The molecule has 0 aliphatic rings. The lowest BCUT2D eigenvalue weighted by Gasteiger charge is -2.16. The summed E-state index contributed by atoms with van der Waals surface area (Å²) in [6, 6.07) is 6.34. The van der Waals surface area contributed by atoms with Gasteiger partial charge < -0.3 is 10.1 Å². The minimum absolute atomic E-state index is 0.0264. The number of rotatable bonds is 7. The molecule has 0 bridgehead atoms. The van der Waals surface area contributed by atoms with Crippen LogP contribution in [0.4, 0.5) is 0 Å². The SMILES string of the molecule is COC(=O)[C@H](CCSC)NC(=O)Cc1nn(C)c(=O)c2ccccc12. The van der Waals surface area contributed by atoms with E-state index < -0.39 is 12.0 Å². The highest BCUT2D eigenvalue weighted by atomic mass is 32.2. The first-order chi connectivity index (χ1) is 12.0. The zero-order valence-electron chi connectivity index (χ0n) is 14.4. The van der Waals surface area contributed by atoms with E-state index in [1.807, 2.05) is 6.26 Å². The summed E-state index contributed by atoms with van der Waals surface area (Å²) >= 11 is 1.58. The number of methoxy groups -OCH3 is 1. The molecule has 134 valence electrons. The van der Waals surface area contributed by atoms with Gasteiger partial charge in [-0.05, 0) is 24.5 Å². The fourth-order valence-corrected chi connectivity index (χ4v) is 3.00. The van der Waals surface area contributed by atoms with Crippen molar-refractivity contribution >= 4 is 34.4 Å². The predicted molar refractivity (Wildman–Crippen MR) is 97.6 cm³/mol. The van der Waals surface area contributed by atoms with Crippen LogP contribution >= 0.6 is 11.8 Å². The number of fused-ring (bicyclic) bond motifs is 1. The van der Waals surface area contributed by atoms with E-state index in [1.165, 1.54) is 11.8 Å². The summed E-state index contributed by atoms with van der Waals surface area (Å²) in [6.45, 7) is 0. The molecule has 1 aromatic carbocycles. The molecule has 0 unspecified atom stereocenters. The van der Waals surface area contributed by atoms with Crippen molar-refractivity contribution < 1.29 is 14.3 Å². The number of aromatic nitrogens is 2. The predicted octanol–water partition coefficient (Wildman–Crippen LogP) is 0.887. The second-order valence-electron chi connectivity index (χ2n) is 5.52. The van der Waals surface area contributed by atoms with Gasteiger partial charge in [-0.1, -0.05) is 18.2 Å². The number of carbonyl (C=O) groups is 2. The molecule has 8 heteroatoms. The van der Waals surface area contributed by atoms with Crippen LogP contribution in [0.5, 0.6) is 0 Å². The Morgan fingerprint density at radius 3 is 2.64 bits per heavy atom. The van der Waals surface area contributed by atoms with Crippen LogP contribution in [0.2, 0.25) is 0 Å². The van der Waals surface area contributed by atoms with Crippen LogP contribution < -0.4 is 10.9 Å². The van der Waals surface area contributed by atoms with E-state index in [4.69, 9.17) is 4.74 Å². The molecule has 0 radical (unpaired) electrons. The third-order valence-corrected chi connectivity index (χ3v) is 4.44. The number of esters is 1. The van der Waals surface area contributed by atoms with Crippen molar-refractivity contribution in [2.24, 2.45) is 7.05 Å². The lowest BCUT2D eigenvalue weighted by Crippen LogP contribution is -2.42. The monoisotopic (exact) mass is 363 g/mol. The van der Waals surface area contributed by atoms with E-state index in [9.17, 15) is 14.4 Å².